The Balaban J connectivity index is 1.93. The lowest BCUT2D eigenvalue weighted by molar-refractivity contribution is 0.0897. The van der Waals surface area contributed by atoms with Crippen LogP contribution in [0.25, 0.3) is 0 Å². The summed E-state index contributed by atoms with van der Waals surface area (Å²) in [5.41, 5.74) is 1.36. The van der Waals surface area contributed by atoms with Gasteiger partial charge in [-0.15, -0.1) is 0 Å². The van der Waals surface area contributed by atoms with Gasteiger partial charge in [-0.2, -0.15) is 0 Å². The largest absolute Gasteiger partial charge is 0.378 e. The second-order valence-electron chi connectivity index (χ2n) is 5.93. The Kier molecular flexibility index (Phi) is 5.17. The van der Waals surface area contributed by atoms with Crippen molar-refractivity contribution in [3.05, 3.63) is 33.2 Å². The van der Waals surface area contributed by atoms with Crippen LogP contribution in [-0.2, 0) is 4.74 Å². The van der Waals surface area contributed by atoms with Gasteiger partial charge < -0.3 is 15.0 Å². The minimum Gasteiger partial charge on any atom is -0.378 e. The highest BCUT2D eigenvalue weighted by atomic mass is 16.5. The van der Waals surface area contributed by atoms with Gasteiger partial charge in [-0.05, 0) is 58.1 Å². The molecule has 5 heteroatoms. The molecule has 0 aromatic carbocycles. The number of pyridine rings is 1. The lowest BCUT2D eigenvalue weighted by atomic mass is 10.1. The van der Waals surface area contributed by atoms with Gasteiger partial charge in [0.25, 0.3) is 11.5 Å². The van der Waals surface area contributed by atoms with Crippen LogP contribution in [0.4, 0.5) is 0 Å². The summed E-state index contributed by atoms with van der Waals surface area (Å²) in [6.45, 7) is 6.41. The number of amides is 1. The van der Waals surface area contributed by atoms with Gasteiger partial charge in [-0.3, -0.25) is 9.59 Å². The van der Waals surface area contributed by atoms with Crippen molar-refractivity contribution in [2.45, 2.75) is 58.6 Å². The van der Waals surface area contributed by atoms with E-state index < -0.39 is 0 Å². The van der Waals surface area contributed by atoms with Crippen LogP contribution in [0.2, 0.25) is 0 Å². The van der Waals surface area contributed by atoms with Crippen molar-refractivity contribution in [1.29, 1.82) is 0 Å². The molecule has 0 aliphatic carbocycles. The van der Waals surface area contributed by atoms with E-state index in [9.17, 15) is 9.59 Å². The van der Waals surface area contributed by atoms with Crippen molar-refractivity contribution in [2.75, 3.05) is 6.61 Å². The number of carbonyl (C=O) groups excluding carboxylic acids is 1. The first-order valence-electron chi connectivity index (χ1n) is 7.60. The summed E-state index contributed by atoms with van der Waals surface area (Å²) >= 11 is 0. The first-order valence-corrected chi connectivity index (χ1v) is 7.60. The van der Waals surface area contributed by atoms with E-state index >= 15 is 0 Å². The molecule has 1 aromatic rings. The van der Waals surface area contributed by atoms with Crippen molar-refractivity contribution in [2.24, 2.45) is 0 Å². The molecule has 1 aliphatic rings. The number of ether oxygens (including phenoxy) is 1. The summed E-state index contributed by atoms with van der Waals surface area (Å²) < 4.78 is 5.58. The van der Waals surface area contributed by atoms with E-state index in [1.165, 1.54) is 0 Å². The van der Waals surface area contributed by atoms with Gasteiger partial charge in [0.05, 0.1) is 6.10 Å². The monoisotopic (exact) mass is 292 g/mol. The molecule has 0 radical (unpaired) electrons. The van der Waals surface area contributed by atoms with E-state index in [2.05, 4.69) is 10.3 Å². The molecule has 0 spiro atoms. The van der Waals surface area contributed by atoms with Gasteiger partial charge in [0.15, 0.2) is 0 Å². The number of rotatable bonds is 5. The number of aromatic nitrogens is 1. The number of aryl methyl sites for hydroxylation is 2. The van der Waals surface area contributed by atoms with Gasteiger partial charge in [-0.1, -0.05) is 0 Å². The maximum absolute atomic E-state index is 12.2. The predicted molar refractivity (Wildman–Crippen MR) is 81.7 cm³/mol. The Hall–Kier alpha value is -1.62. The van der Waals surface area contributed by atoms with Gasteiger partial charge in [0, 0.05) is 18.3 Å². The van der Waals surface area contributed by atoms with Gasteiger partial charge in [0.1, 0.15) is 5.56 Å². The summed E-state index contributed by atoms with van der Waals surface area (Å²) in [7, 11) is 0. The van der Waals surface area contributed by atoms with Crippen LogP contribution in [0.15, 0.2) is 10.9 Å². The van der Waals surface area contributed by atoms with Crippen LogP contribution < -0.4 is 10.9 Å². The first-order chi connectivity index (χ1) is 9.97. The fourth-order valence-electron chi connectivity index (χ4n) is 2.81. The molecular formula is C16H24N2O3. The Labute approximate surface area is 125 Å². The first kappa shape index (κ1) is 15.8. The third-order valence-electron chi connectivity index (χ3n) is 3.92. The maximum Gasteiger partial charge on any atom is 0.261 e. The molecule has 21 heavy (non-hydrogen) atoms. The average molecular weight is 292 g/mol. The molecule has 116 valence electrons. The van der Waals surface area contributed by atoms with Crippen molar-refractivity contribution in [1.82, 2.24) is 10.3 Å². The van der Waals surface area contributed by atoms with Gasteiger partial charge in [0.2, 0.25) is 0 Å². The average Bonchev–Trinajstić information content (AvgIpc) is 2.88. The summed E-state index contributed by atoms with van der Waals surface area (Å²) in [5, 5.41) is 2.91. The van der Waals surface area contributed by atoms with E-state index in [1.54, 1.807) is 13.8 Å². The van der Waals surface area contributed by atoms with E-state index in [0.717, 1.165) is 38.0 Å². The summed E-state index contributed by atoms with van der Waals surface area (Å²) in [6, 6.07) is 1.84. The molecule has 2 rings (SSSR count). The number of H-pyrrole nitrogens is 1. The summed E-state index contributed by atoms with van der Waals surface area (Å²) in [5.74, 6) is -0.298. The standard InChI is InChI=1S/C16H24N2O3/c1-10-9-12(3)18-16(20)14(10)15(19)17-11(2)6-7-13-5-4-8-21-13/h9,11,13H,4-8H2,1-3H3,(H,17,19)(H,18,20)/t11-,13-/m0/s1. The van der Waals surface area contributed by atoms with Gasteiger partial charge in [-0.25, -0.2) is 0 Å². The molecule has 1 aliphatic heterocycles. The van der Waals surface area contributed by atoms with Crippen molar-refractivity contribution in [3.63, 3.8) is 0 Å². The smallest absolute Gasteiger partial charge is 0.261 e. The highest BCUT2D eigenvalue weighted by molar-refractivity contribution is 5.95. The lowest BCUT2D eigenvalue weighted by Crippen LogP contribution is -2.37. The van der Waals surface area contributed by atoms with Crippen LogP contribution in [0.1, 0.15) is 54.2 Å². The van der Waals surface area contributed by atoms with E-state index in [-0.39, 0.29) is 23.1 Å². The van der Waals surface area contributed by atoms with Crippen molar-refractivity contribution in [3.8, 4) is 0 Å². The van der Waals surface area contributed by atoms with Crippen LogP contribution in [0.5, 0.6) is 0 Å². The second-order valence-corrected chi connectivity index (χ2v) is 5.93. The molecule has 0 bridgehead atoms. The zero-order valence-electron chi connectivity index (χ0n) is 13.0. The molecule has 2 N–H and O–H groups in total. The molecule has 0 saturated carbocycles. The Morgan fingerprint density at radius 3 is 2.90 bits per heavy atom. The topological polar surface area (TPSA) is 71.2 Å². The Morgan fingerprint density at radius 2 is 2.29 bits per heavy atom. The van der Waals surface area contributed by atoms with Crippen LogP contribution >= 0.6 is 0 Å². The second kappa shape index (κ2) is 6.89. The number of hydrogen-bond donors (Lipinski definition) is 2. The zero-order valence-corrected chi connectivity index (χ0v) is 13.0. The fourth-order valence-corrected chi connectivity index (χ4v) is 2.81. The molecule has 1 aromatic heterocycles. The van der Waals surface area contributed by atoms with E-state index in [4.69, 9.17) is 4.74 Å². The van der Waals surface area contributed by atoms with Crippen molar-refractivity contribution < 1.29 is 9.53 Å². The maximum atomic E-state index is 12.2. The van der Waals surface area contributed by atoms with Crippen LogP contribution in [-0.4, -0.2) is 29.6 Å². The molecular weight excluding hydrogens is 268 g/mol. The highest BCUT2D eigenvalue weighted by Gasteiger charge is 2.19. The Bertz CT molecular complexity index is 559. The molecule has 5 nitrogen and oxygen atoms in total. The molecule has 2 atom stereocenters. The molecule has 1 fully saturated rings. The predicted octanol–water partition coefficient (Wildman–Crippen LogP) is 2.07. The summed E-state index contributed by atoms with van der Waals surface area (Å²) in [6.07, 6.45) is 4.37. The van der Waals surface area contributed by atoms with Crippen LogP contribution in [0, 0.1) is 13.8 Å². The van der Waals surface area contributed by atoms with Crippen molar-refractivity contribution >= 4 is 5.91 Å². The number of hydrogen-bond acceptors (Lipinski definition) is 3. The summed E-state index contributed by atoms with van der Waals surface area (Å²) in [4.78, 5) is 26.8. The number of carbonyl (C=O) groups is 1. The lowest BCUT2D eigenvalue weighted by Gasteiger charge is -2.16. The zero-order chi connectivity index (χ0) is 15.4. The fraction of sp³-hybridized carbons (Fsp3) is 0.625. The molecule has 2 heterocycles. The minimum absolute atomic E-state index is 0.0294. The van der Waals surface area contributed by atoms with Gasteiger partial charge >= 0.3 is 0 Å². The normalized spacial score (nSPS) is 19.5. The van der Waals surface area contributed by atoms with Crippen LogP contribution in [0.3, 0.4) is 0 Å². The van der Waals surface area contributed by atoms with E-state index in [0.29, 0.717) is 11.7 Å². The molecule has 1 saturated heterocycles. The SMILES string of the molecule is Cc1cc(C)c(C(=O)N[C@@H](C)CC[C@@H]2CCCO2)c(=O)[nH]1. The Morgan fingerprint density at radius 1 is 1.52 bits per heavy atom. The molecule has 1 amide bonds. The third kappa shape index (κ3) is 4.17. The quantitative estimate of drug-likeness (QED) is 0.872. The number of aromatic amines is 1. The molecule has 0 unspecified atom stereocenters. The highest BCUT2D eigenvalue weighted by Crippen LogP contribution is 2.17. The van der Waals surface area contributed by atoms with E-state index in [1.807, 2.05) is 13.0 Å². The number of nitrogens with one attached hydrogen (secondary N) is 2. The third-order valence-corrected chi connectivity index (χ3v) is 3.92. The minimum atomic E-state index is -0.323.